The summed E-state index contributed by atoms with van der Waals surface area (Å²) in [5.41, 5.74) is -0.0412. The lowest BCUT2D eigenvalue weighted by Gasteiger charge is -2.26. The van der Waals surface area contributed by atoms with Gasteiger partial charge >= 0.3 is 0 Å². The van der Waals surface area contributed by atoms with Crippen molar-refractivity contribution in [1.29, 1.82) is 0 Å². The highest BCUT2D eigenvalue weighted by Crippen LogP contribution is 2.49. The minimum Gasteiger partial charge on any atom is -0.344 e. The first-order valence-electron chi connectivity index (χ1n) is 7.64. The normalized spacial score (nSPS) is 27.0. The van der Waals surface area contributed by atoms with Crippen LogP contribution in [0.25, 0.3) is 5.52 Å². The van der Waals surface area contributed by atoms with Crippen LogP contribution in [0.1, 0.15) is 19.7 Å². The average molecular weight is 302 g/mol. The molecule has 3 heterocycles. The molecule has 2 aromatic rings. The van der Waals surface area contributed by atoms with Gasteiger partial charge in [0, 0.05) is 5.92 Å². The van der Waals surface area contributed by atoms with Crippen LogP contribution in [0.3, 0.4) is 0 Å². The quantitative estimate of drug-likeness (QED) is 0.840. The lowest BCUT2D eigenvalue weighted by atomic mass is 10.0. The molecule has 0 radical (unpaired) electrons. The molecule has 116 valence electrons. The number of fused-ring (bicyclic) bond motifs is 2. The van der Waals surface area contributed by atoms with E-state index in [2.05, 4.69) is 15.6 Å². The van der Waals surface area contributed by atoms with E-state index in [4.69, 9.17) is 0 Å². The molecule has 0 unspecified atom stereocenters. The number of halogens is 1. The molecule has 1 amide bonds. The van der Waals surface area contributed by atoms with Gasteiger partial charge in [0.15, 0.2) is 5.95 Å². The molecule has 1 saturated heterocycles. The fourth-order valence-electron chi connectivity index (χ4n) is 3.70. The van der Waals surface area contributed by atoms with Crippen molar-refractivity contribution in [2.45, 2.75) is 19.4 Å². The molecule has 2 fully saturated rings. The maximum atomic E-state index is 14.1. The van der Waals surface area contributed by atoms with Crippen LogP contribution >= 0.6 is 0 Å². The molecule has 2 N–H and O–H groups in total. The van der Waals surface area contributed by atoms with Gasteiger partial charge in [-0.25, -0.2) is 4.98 Å². The summed E-state index contributed by atoms with van der Waals surface area (Å²) in [5.74, 6) is 1.21. The van der Waals surface area contributed by atoms with Crippen molar-refractivity contribution in [2.75, 3.05) is 13.1 Å². The van der Waals surface area contributed by atoms with Crippen LogP contribution < -0.4 is 10.6 Å². The Labute approximate surface area is 127 Å². The first-order chi connectivity index (χ1) is 10.5. The molecule has 2 aliphatic rings. The van der Waals surface area contributed by atoms with Gasteiger partial charge in [-0.3, -0.25) is 9.20 Å². The second-order valence-corrected chi connectivity index (χ2v) is 6.82. The van der Waals surface area contributed by atoms with Crippen molar-refractivity contribution in [3.8, 4) is 0 Å². The lowest BCUT2D eigenvalue weighted by molar-refractivity contribution is -0.124. The van der Waals surface area contributed by atoms with E-state index in [9.17, 15) is 9.18 Å². The van der Waals surface area contributed by atoms with Gasteiger partial charge in [0.05, 0.1) is 17.3 Å². The number of rotatable bonds is 3. The average Bonchev–Trinajstić information content (AvgIpc) is 2.85. The minimum atomic E-state index is -0.726. The zero-order chi connectivity index (χ0) is 15.5. The Bertz CT molecular complexity index is 744. The number of amides is 1. The number of nitrogens with one attached hydrogen (secondary N) is 2. The van der Waals surface area contributed by atoms with Gasteiger partial charge in [0.2, 0.25) is 5.91 Å². The van der Waals surface area contributed by atoms with E-state index in [1.807, 2.05) is 13.8 Å². The molecule has 0 spiro atoms. The number of imidazole rings is 1. The molecule has 1 aliphatic heterocycles. The van der Waals surface area contributed by atoms with E-state index >= 15 is 0 Å². The lowest BCUT2D eigenvalue weighted by Crippen LogP contribution is -2.44. The molecule has 0 bridgehead atoms. The van der Waals surface area contributed by atoms with Gasteiger partial charge in [-0.15, -0.1) is 0 Å². The van der Waals surface area contributed by atoms with E-state index in [-0.39, 0.29) is 17.8 Å². The first kappa shape index (κ1) is 13.7. The van der Waals surface area contributed by atoms with Crippen molar-refractivity contribution in [2.24, 2.45) is 17.8 Å². The number of hydrogen-bond donors (Lipinski definition) is 2. The maximum absolute atomic E-state index is 14.1. The fraction of sp³-hybridized carbons (Fsp3) is 0.500. The standard InChI is InChI=1S/C16H19FN4O/c1-16(2,20-14(22)13-10-7-18-8-11(10)13)15-19-6-9-4-3-5-12(17)21(9)15/h3-6,10-11,13,18H,7-8H2,1-2H3,(H,20,22)/t10-,11+,13+. The van der Waals surface area contributed by atoms with E-state index in [1.54, 1.807) is 18.3 Å². The largest absolute Gasteiger partial charge is 0.344 e. The Morgan fingerprint density at radius 3 is 2.86 bits per heavy atom. The monoisotopic (exact) mass is 302 g/mol. The van der Waals surface area contributed by atoms with Gasteiger partial charge in [0.25, 0.3) is 0 Å². The molecule has 6 heteroatoms. The summed E-state index contributed by atoms with van der Waals surface area (Å²) in [6.45, 7) is 5.57. The highest BCUT2D eigenvalue weighted by atomic mass is 19.1. The number of carbonyl (C=O) groups is 1. The second kappa shape index (κ2) is 4.52. The van der Waals surface area contributed by atoms with Gasteiger partial charge in [-0.2, -0.15) is 4.39 Å². The number of nitrogens with zero attached hydrogens (tertiary/aromatic N) is 2. The number of piperidine rings is 1. The number of hydrogen-bond acceptors (Lipinski definition) is 3. The van der Waals surface area contributed by atoms with Gasteiger partial charge in [-0.05, 0) is 50.9 Å². The number of carbonyl (C=O) groups excluding carboxylic acids is 1. The molecule has 1 aliphatic carbocycles. The van der Waals surface area contributed by atoms with Crippen LogP contribution in [0, 0.1) is 23.7 Å². The van der Waals surface area contributed by atoms with Crippen molar-refractivity contribution >= 4 is 11.4 Å². The summed E-state index contributed by atoms with van der Waals surface area (Å²) in [6, 6.07) is 4.85. The van der Waals surface area contributed by atoms with Gasteiger partial charge in [0.1, 0.15) is 5.82 Å². The van der Waals surface area contributed by atoms with Crippen LogP contribution in [-0.4, -0.2) is 28.4 Å². The predicted molar refractivity (Wildman–Crippen MR) is 79.7 cm³/mol. The van der Waals surface area contributed by atoms with E-state index in [1.165, 1.54) is 10.5 Å². The van der Waals surface area contributed by atoms with Gasteiger partial charge in [-0.1, -0.05) is 6.07 Å². The number of pyridine rings is 1. The number of aromatic nitrogens is 2. The van der Waals surface area contributed by atoms with Crippen molar-refractivity contribution < 1.29 is 9.18 Å². The van der Waals surface area contributed by atoms with Crippen LogP contribution in [0.4, 0.5) is 4.39 Å². The zero-order valence-electron chi connectivity index (χ0n) is 12.6. The Morgan fingerprint density at radius 2 is 2.14 bits per heavy atom. The highest BCUT2D eigenvalue weighted by Gasteiger charge is 2.57. The topological polar surface area (TPSA) is 58.4 Å². The van der Waals surface area contributed by atoms with Crippen LogP contribution in [0.5, 0.6) is 0 Å². The molecule has 2 aromatic heterocycles. The highest BCUT2D eigenvalue weighted by molar-refractivity contribution is 5.83. The predicted octanol–water partition coefficient (Wildman–Crippen LogP) is 1.29. The molecule has 0 aromatic carbocycles. The van der Waals surface area contributed by atoms with Crippen molar-refractivity contribution in [3.63, 3.8) is 0 Å². The Balaban J connectivity index is 1.61. The summed E-state index contributed by atoms with van der Waals surface area (Å²) in [6.07, 6.45) is 1.63. The second-order valence-electron chi connectivity index (χ2n) is 6.82. The molecular weight excluding hydrogens is 283 g/mol. The van der Waals surface area contributed by atoms with Crippen molar-refractivity contribution in [3.05, 3.63) is 36.2 Å². The van der Waals surface area contributed by atoms with E-state index in [0.717, 1.165) is 13.1 Å². The summed E-state index contributed by atoms with van der Waals surface area (Å²) in [5, 5.41) is 6.33. The van der Waals surface area contributed by atoms with Crippen LogP contribution in [0.15, 0.2) is 24.4 Å². The molecule has 1 saturated carbocycles. The molecule has 5 nitrogen and oxygen atoms in total. The molecular formula is C16H19FN4O. The zero-order valence-corrected chi connectivity index (χ0v) is 12.6. The molecule has 4 rings (SSSR count). The smallest absolute Gasteiger partial charge is 0.224 e. The Morgan fingerprint density at radius 1 is 1.41 bits per heavy atom. The fourth-order valence-corrected chi connectivity index (χ4v) is 3.70. The summed E-state index contributed by atoms with van der Waals surface area (Å²) in [4.78, 5) is 16.8. The first-order valence-corrected chi connectivity index (χ1v) is 7.64. The molecule has 22 heavy (non-hydrogen) atoms. The van der Waals surface area contributed by atoms with Gasteiger partial charge < -0.3 is 10.6 Å². The van der Waals surface area contributed by atoms with E-state index in [0.29, 0.717) is 23.2 Å². The van der Waals surface area contributed by atoms with Crippen LogP contribution in [-0.2, 0) is 10.3 Å². The minimum absolute atomic E-state index is 0.0505. The summed E-state index contributed by atoms with van der Waals surface area (Å²) in [7, 11) is 0. The molecule has 3 atom stereocenters. The SMILES string of the molecule is CC(C)(NC(=O)[C@H]1[C@@H]2CNC[C@@H]21)c1ncc2cccc(F)n12. The Kier molecular flexibility index (Phi) is 2.81. The maximum Gasteiger partial charge on any atom is 0.224 e. The Hall–Kier alpha value is -1.95. The van der Waals surface area contributed by atoms with Crippen molar-refractivity contribution in [1.82, 2.24) is 20.0 Å². The third-order valence-electron chi connectivity index (χ3n) is 4.89. The third kappa shape index (κ3) is 1.94. The van der Waals surface area contributed by atoms with Crippen LogP contribution in [0.2, 0.25) is 0 Å². The summed E-state index contributed by atoms with van der Waals surface area (Å²) < 4.78 is 15.6. The summed E-state index contributed by atoms with van der Waals surface area (Å²) >= 11 is 0. The third-order valence-corrected chi connectivity index (χ3v) is 4.89. The van der Waals surface area contributed by atoms with E-state index < -0.39 is 5.54 Å².